The van der Waals surface area contributed by atoms with Gasteiger partial charge < -0.3 is 10.5 Å². The van der Waals surface area contributed by atoms with E-state index in [1.807, 2.05) is 24.1 Å². The van der Waals surface area contributed by atoms with Crippen molar-refractivity contribution in [1.29, 1.82) is 0 Å². The van der Waals surface area contributed by atoms with Crippen LogP contribution in [0.1, 0.15) is 6.92 Å². The van der Waals surface area contributed by atoms with Gasteiger partial charge in [-0.05, 0) is 26.1 Å². The van der Waals surface area contributed by atoms with Crippen molar-refractivity contribution in [2.24, 2.45) is 5.73 Å². The van der Waals surface area contributed by atoms with Gasteiger partial charge in [-0.25, -0.2) is 0 Å². The summed E-state index contributed by atoms with van der Waals surface area (Å²) in [6, 6.07) is 6.98. The van der Waals surface area contributed by atoms with Crippen molar-refractivity contribution in [3.05, 3.63) is 29.3 Å². The van der Waals surface area contributed by atoms with E-state index in [-0.39, 0.29) is 11.9 Å². The van der Waals surface area contributed by atoms with Gasteiger partial charge in [-0.15, -0.1) is 0 Å². The lowest BCUT2D eigenvalue weighted by Crippen LogP contribution is -2.42. The molecule has 0 spiro atoms. The largest absolute Gasteiger partial charge is 0.491 e. The van der Waals surface area contributed by atoms with Gasteiger partial charge in [-0.1, -0.05) is 23.7 Å². The standard InChI is InChI=1S/C12H17ClN2O2/c1-9(12(14)16)15(2)7-8-17-11-6-4-3-5-10(11)13/h3-6,9H,7-8H2,1-2H3,(H2,14,16)/t9-/m0/s1. The Balaban J connectivity index is 2.38. The van der Waals surface area contributed by atoms with Crippen LogP contribution >= 0.6 is 11.6 Å². The third-order valence-corrected chi connectivity index (χ3v) is 2.92. The molecule has 1 atom stereocenters. The Morgan fingerprint density at radius 1 is 1.53 bits per heavy atom. The van der Waals surface area contributed by atoms with Crippen molar-refractivity contribution >= 4 is 17.5 Å². The van der Waals surface area contributed by atoms with Gasteiger partial charge in [0.05, 0.1) is 11.1 Å². The van der Waals surface area contributed by atoms with Crippen LogP contribution in [0.3, 0.4) is 0 Å². The predicted molar refractivity (Wildman–Crippen MR) is 68.2 cm³/mol. The van der Waals surface area contributed by atoms with Crippen LogP contribution in [0.2, 0.25) is 5.02 Å². The van der Waals surface area contributed by atoms with E-state index in [0.717, 1.165) is 0 Å². The lowest BCUT2D eigenvalue weighted by Gasteiger charge is -2.21. The van der Waals surface area contributed by atoms with E-state index in [4.69, 9.17) is 22.1 Å². The predicted octanol–water partition coefficient (Wildman–Crippen LogP) is 1.52. The number of hydrogen-bond donors (Lipinski definition) is 1. The highest BCUT2D eigenvalue weighted by Gasteiger charge is 2.14. The molecule has 0 saturated carbocycles. The zero-order valence-electron chi connectivity index (χ0n) is 10.0. The van der Waals surface area contributed by atoms with Gasteiger partial charge in [0.2, 0.25) is 5.91 Å². The Bertz CT molecular complexity index is 385. The van der Waals surface area contributed by atoms with E-state index < -0.39 is 0 Å². The summed E-state index contributed by atoms with van der Waals surface area (Å²) in [5, 5.41) is 0.582. The highest BCUT2D eigenvalue weighted by molar-refractivity contribution is 6.32. The molecule has 0 heterocycles. The second kappa shape index (κ2) is 6.47. The van der Waals surface area contributed by atoms with Crippen LogP contribution in [0, 0.1) is 0 Å². The van der Waals surface area contributed by atoms with Gasteiger partial charge in [0, 0.05) is 6.54 Å². The number of amides is 1. The van der Waals surface area contributed by atoms with Crippen molar-refractivity contribution in [1.82, 2.24) is 4.90 Å². The Morgan fingerprint density at radius 2 is 2.18 bits per heavy atom. The molecule has 0 aliphatic rings. The number of rotatable bonds is 6. The summed E-state index contributed by atoms with van der Waals surface area (Å²) in [6.07, 6.45) is 0. The highest BCUT2D eigenvalue weighted by atomic mass is 35.5. The molecule has 1 rings (SSSR count). The molecule has 0 unspecified atom stereocenters. The minimum absolute atomic E-state index is 0.301. The maximum Gasteiger partial charge on any atom is 0.234 e. The molecule has 0 aliphatic carbocycles. The smallest absolute Gasteiger partial charge is 0.234 e. The van der Waals surface area contributed by atoms with Crippen molar-refractivity contribution in [3.63, 3.8) is 0 Å². The van der Waals surface area contributed by atoms with E-state index in [1.54, 1.807) is 19.1 Å². The molecular formula is C12H17ClN2O2. The number of carbonyl (C=O) groups is 1. The number of hydrogen-bond acceptors (Lipinski definition) is 3. The number of para-hydroxylation sites is 1. The topological polar surface area (TPSA) is 55.6 Å². The SMILES string of the molecule is C[C@@H](C(N)=O)N(C)CCOc1ccccc1Cl. The van der Waals surface area contributed by atoms with Gasteiger partial charge in [0.1, 0.15) is 12.4 Å². The monoisotopic (exact) mass is 256 g/mol. The zero-order valence-corrected chi connectivity index (χ0v) is 10.8. The molecular weight excluding hydrogens is 240 g/mol. The third kappa shape index (κ3) is 4.24. The highest BCUT2D eigenvalue weighted by Crippen LogP contribution is 2.22. The summed E-state index contributed by atoms with van der Waals surface area (Å²) >= 11 is 5.94. The average Bonchev–Trinajstić information content (AvgIpc) is 2.30. The van der Waals surface area contributed by atoms with Crippen LogP contribution < -0.4 is 10.5 Å². The third-order valence-electron chi connectivity index (χ3n) is 2.61. The van der Waals surface area contributed by atoms with Gasteiger partial charge >= 0.3 is 0 Å². The molecule has 1 aromatic rings. The quantitative estimate of drug-likeness (QED) is 0.840. The Morgan fingerprint density at radius 3 is 2.76 bits per heavy atom. The lowest BCUT2D eigenvalue weighted by atomic mass is 10.3. The number of nitrogens with two attached hydrogens (primary N) is 1. The van der Waals surface area contributed by atoms with Crippen LogP contribution in [0.4, 0.5) is 0 Å². The minimum Gasteiger partial charge on any atom is -0.491 e. The molecule has 17 heavy (non-hydrogen) atoms. The van der Waals surface area contributed by atoms with Crippen molar-refractivity contribution < 1.29 is 9.53 Å². The number of carbonyl (C=O) groups excluding carboxylic acids is 1. The fourth-order valence-electron chi connectivity index (χ4n) is 1.27. The fraction of sp³-hybridized carbons (Fsp3) is 0.417. The van der Waals surface area contributed by atoms with Gasteiger partial charge in [-0.3, -0.25) is 9.69 Å². The lowest BCUT2D eigenvalue weighted by molar-refractivity contribution is -0.122. The van der Waals surface area contributed by atoms with E-state index >= 15 is 0 Å². The normalized spacial score (nSPS) is 12.5. The molecule has 5 heteroatoms. The van der Waals surface area contributed by atoms with Gasteiger partial charge in [-0.2, -0.15) is 0 Å². The van der Waals surface area contributed by atoms with Crippen LogP contribution in [0.25, 0.3) is 0 Å². The van der Waals surface area contributed by atoms with E-state index in [1.165, 1.54) is 0 Å². The second-order valence-corrected chi connectivity index (χ2v) is 4.25. The minimum atomic E-state index is -0.342. The number of nitrogens with zero attached hydrogens (tertiary/aromatic N) is 1. The second-order valence-electron chi connectivity index (χ2n) is 3.84. The van der Waals surface area contributed by atoms with Gasteiger partial charge in [0.15, 0.2) is 0 Å². The molecule has 1 amide bonds. The molecule has 0 bridgehead atoms. The number of ether oxygens (including phenoxy) is 1. The van der Waals surface area contributed by atoms with Crippen LogP contribution in [-0.4, -0.2) is 37.0 Å². The van der Waals surface area contributed by atoms with Crippen molar-refractivity contribution in [2.45, 2.75) is 13.0 Å². The van der Waals surface area contributed by atoms with E-state index in [2.05, 4.69) is 0 Å². The molecule has 94 valence electrons. The molecule has 0 aliphatic heterocycles. The van der Waals surface area contributed by atoms with Crippen LogP contribution in [0.5, 0.6) is 5.75 Å². The summed E-state index contributed by atoms with van der Waals surface area (Å²) in [4.78, 5) is 12.8. The van der Waals surface area contributed by atoms with E-state index in [9.17, 15) is 4.79 Å². The summed E-state index contributed by atoms with van der Waals surface area (Å²) in [5.74, 6) is 0.305. The number of primary amides is 1. The first-order valence-corrected chi connectivity index (χ1v) is 5.77. The van der Waals surface area contributed by atoms with Crippen LogP contribution in [-0.2, 0) is 4.79 Å². The van der Waals surface area contributed by atoms with Crippen LogP contribution in [0.15, 0.2) is 24.3 Å². The summed E-state index contributed by atoms with van der Waals surface area (Å²) < 4.78 is 5.51. The first kappa shape index (κ1) is 13.8. The first-order valence-electron chi connectivity index (χ1n) is 5.39. The summed E-state index contributed by atoms with van der Waals surface area (Å²) in [6.45, 7) is 2.82. The Kier molecular flexibility index (Phi) is 5.25. The zero-order chi connectivity index (χ0) is 12.8. The van der Waals surface area contributed by atoms with Crippen molar-refractivity contribution in [3.8, 4) is 5.75 Å². The first-order chi connectivity index (χ1) is 8.02. The molecule has 4 nitrogen and oxygen atoms in total. The molecule has 0 radical (unpaired) electrons. The van der Waals surface area contributed by atoms with Gasteiger partial charge in [0.25, 0.3) is 0 Å². The summed E-state index contributed by atoms with van der Waals surface area (Å²) in [5.41, 5.74) is 5.20. The molecule has 0 saturated heterocycles. The molecule has 0 aromatic heterocycles. The van der Waals surface area contributed by atoms with E-state index in [0.29, 0.717) is 23.9 Å². The molecule has 0 fully saturated rings. The molecule has 1 aromatic carbocycles. The maximum atomic E-state index is 10.9. The average molecular weight is 257 g/mol. The number of halogens is 1. The Labute approximate surface area is 106 Å². The summed E-state index contributed by atoms with van der Waals surface area (Å²) in [7, 11) is 1.82. The number of likely N-dealkylation sites (N-methyl/N-ethyl adjacent to an activating group) is 1. The fourth-order valence-corrected chi connectivity index (χ4v) is 1.46. The van der Waals surface area contributed by atoms with Crippen molar-refractivity contribution in [2.75, 3.05) is 20.2 Å². The molecule has 2 N–H and O–H groups in total. The maximum absolute atomic E-state index is 10.9. The number of benzene rings is 1. The Hall–Kier alpha value is -1.26.